The van der Waals surface area contributed by atoms with Gasteiger partial charge in [-0.2, -0.15) is 4.31 Å². The number of rotatable bonds is 5. The summed E-state index contributed by atoms with van der Waals surface area (Å²) in [5.41, 5.74) is -0.257. The van der Waals surface area contributed by atoms with Gasteiger partial charge in [0.1, 0.15) is 10.7 Å². The molecular weight excluding hydrogens is 397 g/mol. The lowest BCUT2D eigenvalue weighted by atomic mass is 10.2. The molecule has 1 aromatic carbocycles. The molecule has 0 aliphatic carbocycles. The normalized spacial score (nSPS) is 16.1. The first kappa shape index (κ1) is 21.7. The number of ether oxygens (including phenoxy) is 2. The van der Waals surface area contributed by atoms with Gasteiger partial charge in [-0.15, -0.1) is 0 Å². The smallest absolute Gasteiger partial charge is 0.338 e. The van der Waals surface area contributed by atoms with Crippen molar-refractivity contribution in [3.63, 3.8) is 0 Å². The van der Waals surface area contributed by atoms with Crippen LogP contribution in [0.3, 0.4) is 0 Å². The maximum Gasteiger partial charge on any atom is 0.338 e. The average Bonchev–Trinajstić information content (AvgIpc) is 2.68. The van der Waals surface area contributed by atoms with Gasteiger partial charge in [-0.3, -0.25) is 10.1 Å². The van der Waals surface area contributed by atoms with Crippen molar-refractivity contribution >= 4 is 27.9 Å². The zero-order chi connectivity index (χ0) is 20.9. The minimum absolute atomic E-state index is 0.0626. The van der Waals surface area contributed by atoms with Crippen LogP contribution in [0.5, 0.6) is 0 Å². The molecule has 1 fully saturated rings. The van der Waals surface area contributed by atoms with Crippen molar-refractivity contribution in [2.45, 2.75) is 17.9 Å². The molecule has 3 amide bonds. The summed E-state index contributed by atoms with van der Waals surface area (Å²) in [4.78, 5) is 34.4. The fourth-order valence-corrected chi connectivity index (χ4v) is 3.81. The summed E-state index contributed by atoms with van der Waals surface area (Å²) in [5.74, 6) is -2.94. The van der Waals surface area contributed by atoms with Crippen molar-refractivity contribution in [3.8, 4) is 0 Å². The molecule has 154 valence electrons. The van der Waals surface area contributed by atoms with Crippen LogP contribution < -0.4 is 10.6 Å². The van der Waals surface area contributed by atoms with Gasteiger partial charge in [0.2, 0.25) is 10.0 Å². The average molecular weight is 417 g/mol. The quantitative estimate of drug-likeness (QED) is 0.637. The first-order chi connectivity index (χ1) is 13.2. The molecule has 0 bridgehead atoms. The predicted molar refractivity (Wildman–Crippen MR) is 93.5 cm³/mol. The number of esters is 1. The molecule has 10 nitrogen and oxygen atoms in total. The van der Waals surface area contributed by atoms with Crippen molar-refractivity contribution in [1.29, 1.82) is 0 Å². The molecule has 1 aromatic rings. The topological polar surface area (TPSA) is 131 Å². The van der Waals surface area contributed by atoms with Crippen molar-refractivity contribution in [2.75, 3.05) is 33.4 Å². The van der Waals surface area contributed by atoms with Crippen LogP contribution in [0.1, 0.15) is 17.3 Å². The zero-order valence-corrected chi connectivity index (χ0v) is 16.0. The SMILES string of the molecule is CNC(=O)NC(=O)C(C)OC(=O)c1ccc(F)c(S(=O)(=O)N2CCOCC2)c1. The van der Waals surface area contributed by atoms with Crippen LogP contribution in [0.25, 0.3) is 0 Å². The molecule has 1 saturated heterocycles. The van der Waals surface area contributed by atoms with E-state index in [9.17, 15) is 27.2 Å². The number of carbonyl (C=O) groups excluding carboxylic acids is 3. The summed E-state index contributed by atoms with van der Waals surface area (Å²) in [6.07, 6.45) is -1.34. The highest BCUT2D eigenvalue weighted by molar-refractivity contribution is 7.89. The minimum Gasteiger partial charge on any atom is -0.449 e. The second-order valence-corrected chi connectivity index (χ2v) is 7.68. The van der Waals surface area contributed by atoms with E-state index in [1.165, 1.54) is 14.0 Å². The van der Waals surface area contributed by atoms with Gasteiger partial charge in [-0.25, -0.2) is 22.4 Å². The lowest BCUT2D eigenvalue weighted by Gasteiger charge is -2.26. The standard InChI is InChI=1S/C16H20FN3O7S/c1-10(14(21)19-16(23)18-2)27-15(22)11-3-4-12(17)13(9-11)28(24,25)20-5-7-26-8-6-20/h3-4,9-10H,5-8H2,1-2H3,(H2,18,19,21,23). The number of morpholine rings is 1. The number of halogens is 1. The molecule has 1 aliphatic rings. The maximum absolute atomic E-state index is 14.2. The lowest BCUT2D eigenvalue weighted by molar-refractivity contribution is -0.127. The fourth-order valence-electron chi connectivity index (χ4n) is 2.31. The van der Waals surface area contributed by atoms with Gasteiger partial charge in [0, 0.05) is 20.1 Å². The molecule has 28 heavy (non-hydrogen) atoms. The van der Waals surface area contributed by atoms with Gasteiger partial charge in [-0.1, -0.05) is 0 Å². The summed E-state index contributed by atoms with van der Waals surface area (Å²) in [7, 11) is -2.87. The van der Waals surface area contributed by atoms with Gasteiger partial charge in [0.05, 0.1) is 18.8 Å². The number of nitrogens with one attached hydrogen (secondary N) is 2. The van der Waals surface area contributed by atoms with E-state index in [1.807, 2.05) is 5.32 Å². The van der Waals surface area contributed by atoms with E-state index >= 15 is 0 Å². The molecule has 1 unspecified atom stereocenters. The largest absolute Gasteiger partial charge is 0.449 e. The molecule has 12 heteroatoms. The highest BCUT2D eigenvalue weighted by Gasteiger charge is 2.30. The Kier molecular flexibility index (Phi) is 7.05. The predicted octanol–water partition coefficient (Wildman–Crippen LogP) is -0.153. The van der Waals surface area contributed by atoms with Crippen molar-refractivity contribution < 1.29 is 36.7 Å². The highest BCUT2D eigenvalue weighted by Crippen LogP contribution is 2.22. The van der Waals surface area contributed by atoms with Crippen LogP contribution in [-0.4, -0.2) is 70.1 Å². The third-order valence-electron chi connectivity index (χ3n) is 3.87. The highest BCUT2D eigenvalue weighted by atomic mass is 32.2. The van der Waals surface area contributed by atoms with Crippen LogP contribution >= 0.6 is 0 Å². The van der Waals surface area contributed by atoms with Gasteiger partial charge < -0.3 is 14.8 Å². The molecule has 0 radical (unpaired) electrons. The van der Waals surface area contributed by atoms with Crippen LogP contribution in [0, 0.1) is 5.82 Å². The number of hydrogen-bond donors (Lipinski definition) is 2. The number of sulfonamides is 1. The van der Waals surface area contributed by atoms with E-state index < -0.39 is 44.7 Å². The number of hydrogen-bond acceptors (Lipinski definition) is 7. The number of nitrogens with zero attached hydrogens (tertiary/aromatic N) is 1. The molecule has 1 aliphatic heterocycles. The van der Waals surface area contributed by atoms with E-state index in [0.29, 0.717) is 0 Å². The number of benzene rings is 1. The van der Waals surface area contributed by atoms with Crippen LogP contribution in [-0.2, 0) is 24.3 Å². The minimum atomic E-state index is -4.17. The molecule has 0 saturated carbocycles. The summed E-state index contributed by atoms with van der Waals surface area (Å²) in [6, 6.07) is 1.94. The second kappa shape index (κ2) is 9.08. The van der Waals surface area contributed by atoms with E-state index in [0.717, 1.165) is 22.5 Å². The van der Waals surface area contributed by atoms with Crippen LogP contribution in [0.2, 0.25) is 0 Å². The number of imide groups is 1. The van der Waals surface area contributed by atoms with Gasteiger partial charge in [-0.05, 0) is 25.1 Å². The Morgan fingerprint density at radius 1 is 1.25 bits per heavy atom. The van der Waals surface area contributed by atoms with E-state index in [4.69, 9.17) is 9.47 Å². The Labute approximate surface area is 161 Å². The monoisotopic (exact) mass is 417 g/mol. The fraction of sp³-hybridized carbons (Fsp3) is 0.438. The van der Waals surface area contributed by atoms with E-state index in [2.05, 4.69) is 5.32 Å². The van der Waals surface area contributed by atoms with Crippen molar-refractivity contribution in [1.82, 2.24) is 14.9 Å². The second-order valence-electron chi connectivity index (χ2n) is 5.78. The summed E-state index contributed by atoms with van der Waals surface area (Å²) in [6.45, 7) is 1.71. The van der Waals surface area contributed by atoms with Crippen LogP contribution in [0.15, 0.2) is 23.1 Å². The maximum atomic E-state index is 14.2. The molecule has 1 atom stereocenters. The Morgan fingerprint density at radius 2 is 1.89 bits per heavy atom. The van der Waals surface area contributed by atoms with Gasteiger partial charge in [0.25, 0.3) is 5.91 Å². The van der Waals surface area contributed by atoms with Gasteiger partial charge in [0.15, 0.2) is 6.10 Å². The summed E-state index contributed by atoms with van der Waals surface area (Å²) < 4.78 is 50.5. The molecule has 2 N–H and O–H groups in total. The Hall–Kier alpha value is -2.57. The molecule has 0 spiro atoms. The molecular formula is C16H20FN3O7S. The zero-order valence-electron chi connectivity index (χ0n) is 15.2. The third-order valence-corrected chi connectivity index (χ3v) is 5.79. The van der Waals surface area contributed by atoms with Gasteiger partial charge >= 0.3 is 12.0 Å². The Morgan fingerprint density at radius 3 is 2.50 bits per heavy atom. The number of urea groups is 1. The van der Waals surface area contributed by atoms with Crippen molar-refractivity contribution in [3.05, 3.63) is 29.6 Å². The Balaban J connectivity index is 2.18. The van der Waals surface area contributed by atoms with E-state index in [1.54, 1.807) is 0 Å². The molecule has 0 aromatic heterocycles. The molecule has 1 heterocycles. The number of amides is 3. The van der Waals surface area contributed by atoms with Crippen LogP contribution in [0.4, 0.5) is 9.18 Å². The first-order valence-corrected chi connectivity index (χ1v) is 9.72. The summed E-state index contributed by atoms with van der Waals surface area (Å²) >= 11 is 0. The lowest BCUT2D eigenvalue weighted by Crippen LogP contribution is -2.43. The Bertz CT molecular complexity index is 869. The van der Waals surface area contributed by atoms with E-state index in [-0.39, 0.29) is 31.9 Å². The molecule has 2 rings (SSSR count). The first-order valence-electron chi connectivity index (χ1n) is 8.28. The summed E-state index contributed by atoms with van der Waals surface area (Å²) in [5, 5.41) is 4.10. The number of carbonyl (C=O) groups is 3. The third kappa shape index (κ3) is 5.03. The van der Waals surface area contributed by atoms with Crippen molar-refractivity contribution in [2.24, 2.45) is 0 Å².